The van der Waals surface area contributed by atoms with E-state index >= 15 is 0 Å². The summed E-state index contributed by atoms with van der Waals surface area (Å²) in [5.74, 6) is 1.72. The molecule has 0 saturated heterocycles. The highest BCUT2D eigenvalue weighted by atomic mass is 35.5. The second-order valence-corrected chi connectivity index (χ2v) is 4.59. The minimum atomic E-state index is 0.675. The first-order chi connectivity index (χ1) is 7.20. The minimum Gasteiger partial charge on any atom is -0.496 e. The molecule has 2 nitrogen and oxygen atoms in total. The molecule has 2 atom stereocenters. The monoisotopic (exact) mass is 225 g/mol. The Labute approximate surface area is 95.6 Å². The summed E-state index contributed by atoms with van der Waals surface area (Å²) in [5.41, 5.74) is 1.13. The third-order valence-electron chi connectivity index (χ3n) is 2.91. The van der Waals surface area contributed by atoms with Gasteiger partial charge in [-0.1, -0.05) is 18.5 Å². The average Bonchev–Trinajstić information content (AvgIpc) is 2.92. The lowest BCUT2D eigenvalue weighted by Gasteiger charge is -2.09. The van der Waals surface area contributed by atoms with E-state index < -0.39 is 0 Å². The molecule has 0 aromatic heterocycles. The van der Waals surface area contributed by atoms with E-state index in [1.807, 2.05) is 18.2 Å². The summed E-state index contributed by atoms with van der Waals surface area (Å²) in [6, 6.07) is 6.40. The van der Waals surface area contributed by atoms with Gasteiger partial charge in [0.1, 0.15) is 5.75 Å². The minimum absolute atomic E-state index is 0.675. The molecule has 1 saturated carbocycles. The van der Waals surface area contributed by atoms with Crippen LogP contribution in [0.4, 0.5) is 0 Å². The van der Waals surface area contributed by atoms with E-state index in [4.69, 9.17) is 16.3 Å². The Morgan fingerprint density at radius 3 is 2.87 bits per heavy atom. The van der Waals surface area contributed by atoms with Gasteiger partial charge in [-0.05, 0) is 30.5 Å². The standard InChI is InChI=1S/C12H16ClNO/c1-8-5-11(8)14-7-9-6-10(13)3-4-12(9)15-2/h3-4,6,8,11,14H,5,7H2,1-2H3. The molecule has 0 aliphatic heterocycles. The summed E-state index contributed by atoms with van der Waals surface area (Å²) in [7, 11) is 1.69. The lowest BCUT2D eigenvalue weighted by molar-refractivity contribution is 0.407. The van der Waals surface area contributed by atoms with Crippen LogP contribution in [0.1, 0.15) is 18.9 Å². The first-order valence-corrected chi connectivity index (χ1v) is 5.64. The highest BCUT2D eigenvalue weighted by Gasteiger charge is 2.31. The molecule has 3 heteroatoms. The molecule has 1 aliphatic rings. The quantitative estimate of drug-likeness (QED) is 0.851. The van der Waals surface area contributed by atoms with Crippen molar-refractivity contribution in [2.24, 2.45) is 5.92 Å². The van der Waals surface area contributed by atoms with Crippen LogP contribution in [0.5, 0.6) is 5.75 Å². The lowest BCUT2D eigenvalue weighted by atomic mass is 10.2. The van der Waals surface area contributed by atoms with E-state index in [-0.39, 0.29) is 0 Å². The highest BCUT2D eigenvalue weighted by Crippen LogP contribution is 2.30. The van der Waals surface area contributed by atoms with Crippen molar-refractivity contribution in [3.05, 3.63) is 28.8 Å². The van der Waals surface area contributed by atoms with Crippen molar-refractivity contribution in [2.75, 3.05) is 7.11 Å². The largest absolute Gasteiger partial charge is 0.496 e. The van der Waals surface area contributed by atoms with E-state index in [1.54, 1.807) is 7.11 Å². The van der Waals surface area contributed by atoms with Gasteiger partial charge in [-0.25, -0.2) is 0 Å². The SMILES string of the molecule is COc1ccc(Cl)cc1CNC1CC1C. The fourth-order valence-corrected chi connectivity index (χ4v) is 1.93. The van der Waals surface area contributed by atoms with Gasteiger partial charge in [0, 0.05) is 23.2 Å². The van der Waals surface area contributed by atoms with Gasteiger partial charge in [0.2, 0.25) is 0 Å². The number of hydrogen-bond donors (Lipinski definition) is 1. The van der Waals surface area contributed by atoms with E-state index in [2.05, 4.69) is 12.2 Å². The maximum atomic E-state index is 5.95. The Morgan fingerprint density at radius 2 is 2.27 bits per heavy atom. The van der Waals surface area contributed by atoms with Crippen LogP contribution in [0, 0.1) is 5.92 Å². The summed E-state index contributed by atoms with van der Waals surface area (Å²) in [5, 5.41) is 4.25. The van der Waals surface area contributed by atoms with Crippen molar-refractivity contribution in [2.45, 2.75) is 25.9 Å². The van der Waals surface area contributed by atoms with Gasteiger partial charge < -0.3 is 10.1 Å². The first-order valence-electron chi connectivity index (χ1n) is 5.26. The number of halogens is 1. The normalized spacial score (nSPS) is 23.9. The van der Waals surface area contributed by atoms with Crippen molar-refractivity contribution in [3.8, 4) is 5.75 Å². The number of benzene rings is 1. The Kier molecular flexibility index (Phi) is 3.17. The molecular weight excluding hydrogens is 210 g/mol. The zero-order valence-corrected chi connectivity index (χ0v) is 9.84. The first kappa shape index (κ1) is 10.8. The van der Waals surface area contributed by atoms with Crippen LogP contribution in [0.25, 0.3) is 0 Å². The molecule has 0 amide bonds. The summed E-state index contributed by atoms with van der Waals surface area (Å²) in [6.07, 6.45) is 1.28. The predicted molar refractivity (Wildman–Crippen MR) is 62.4 cm³/mol. The Hall–Kier alpha value is -0.730. The second kappa shape index (κ2) is 4.42. The van der Waals surface area contributed by atoms with Crippen LogP contribution in [0.3, 0.4) is 0 Å². The molecule has 0 heterocycles. The second-order valence-electron chi connectivity index (χ2n) is 4.16. The summed E-state index contributed by atoms with van der Waals surface area (Å²) >= 11 is 5.95. The Balaban J connectivity index is 2.01. The van der Waals surface area contributed by atoms with Gasteiger partial charge in [-0.15, -0.1) is 0 Å². The molecule has 0 spiro atoms. The molecule has 1 fully saturated rings. The summed E-state index contributed by atoms with van der Waals surface area (Å²) in [6.45, 7) is 3.09. The Morgan fingerprint density at radius 1 is 1.53 bits per heavy atom. The number of methoxy groups -OCH3 is 1. The van der Waals surface area contributed by atoms with Gasteiger partial charge in [0.25, 0.3) is 0 Å². The molecule has 15 heavy (non-hydrogen) atoms. The smallest absolute Gasteiger partial charge is 0.123 e. The summed E-state index contributed by atoms with van der Waals surface area (Å²) in [4.78, 5) is 0. The van der Waals surface area contributed by atoms with Crippen molar-refractivity contribution in [3.63, 3.8) is 0 Å². The van der Waals surface area contributed by atoms with Gasteiger partial charge >= 0.3 is 0 Å². The van der Waals surface area contributed by atoms with Gasteiger partial charge in [0.15, 0.2) is 0 Å². The number of nitrogens with one attached hydrogen (secondary N) is 1. The molecular formula is C12H16ClNO. The van der Waals surface area contributed by atoms with Crippen LogP contribution in [0.15, 0.2) is 18.2 Å². The van der Waals surface area contributed by atoms with Crippen LogP contribution >= 0.6 is 11.6 Å². The molecule has 2 unspecified atom stereocenters. The van der Waals surface area contributed by atoms with Crippen molar-refractivity contribution in [1.82, 2.24) is 5.32 Å². The summed E-state index contributed by atoms with van der Waals surface area (Å²) < 4.78 is 5.28. The van der Waals surface area contributed by atoms with Gasteiger partial charge in [-0.2, -0.15) is 0 Å². The van der Waals surface area contributed by atoms with E-state index in [1.165, 1.54) is 6.42 Å². The topological polar surface area (TPSA) is 21.3 Å². The molecule has 1 aromatic rings. The number of hydrogen-bond acceptors (Lipinski definition) is 2. The average molecular weight is 226 g/mol. The molecule has 1 aromatic carbocycles. The van der Waals surface area contributed by atoms with Crippen molar-refractivity contribution in [1.29, 1.82) is 0 Å². The zero-order valence-electron chi connectivity index (χ0n) is 9.09. The fourth-order valence-electron chi connectivity index (χ4n) is 1.73. The third kappa shape index (κ3) is 2.64. The van der Waals surface area contributed by atoms with Crippen LogP contribution < -0.4 is 10.1 Å². The molecule has 0 bridgehead atoms. The maximum Gasteiger partial charge on any atom is 0.123 e. The molecule has 2 rings (SSSR count). The van der Waals surface area contributed by atoms with Crippen LogP contribution in [-0.4, -0.2) is 13.2 Å². The zero-order chi connectivity index (χ0) is 10.8. The fraction of sp³-hybridized carbons (Fsp3) is 0.500. The van der Waals surface area contributed by atoms with Gasteiger partial charge in [0.05, 0.1) is 7.11 Å². The molecule has 0 radical (unpaired) electrons. The van der Waals surface area contributed by atoms with E-state index in [9.17, 15) is 0 Å². The van der Waals surface area contributed by atoms with Crippen LogP contribution in [0.2, 0.25) is 5.02 Å². The molecule has 1 aliphatic carbocycles. The van der Waals surface area contributed by atoms with E-state index in [0.29, 0.717) is 6.04 Å². The van der Waals surface area contributed by atoms with Crippen molar-refractivity contribution < 1.29 is 4.74 Å². The van der Waals surface area contributed by atoms with Gasteiger partial charge in [-0.3, -0.25) is 0 Å². The van der Waals surface area contributed by atoms with Crippen molar-refractivity contribution >= 4 is 11.6 Å². The predicted octanol–water partition coefficient (Wildman–Crippen LogP) is 2.85. The molecule has 1 N–H and O–H groups in total. The third-order valence-corrected chi connectivity index (χ3v) is 3.14. The lowest BCUT2D eigenvalue weighted by Crippen LogP contribution is -2.17. The van der Waals surface area contributed by atoms with Crippen LogP contribution in [-0.2, 0) is 6.54 Å². The number of rotatable bonds is 4. The molecule has 82 valence electrons. The Bertz CT molecular complexity index is 353. The number of ether oxygens (including phenoxy) is 1. The highest BCUT2D eigenvalue weighted by molar-refractivity contribution is 6.30. The van der Waals surface area contributed by atoms with E-state index in [0.717, 1.165) is 28.8 Å². The maximum absolute atomic E-state index is 5.95.